The molecule has 114 valence electrons. The van der Waals surface area contributed by atoms with Crippen LogP contribution in [0.25, 0.3) is 0 Å². The lowest BCUT2D eigenvalue weighted by molar-refractivity contribution is 0.0272. The van der Waals surface area contributed by atoms with Crippen molar-refractivity contribution in [2.45, 2.75) is 25.3 Å². The summed E-state index contributed by atoms with van der Waals surface area (Å²) in [4.78, 5) is 2.82. The minimum atomic E-state index is -3.62. The summed E-state index contributed by atoms with van der Waals surface area (Å²) in [5.41, 5.74) is 6.59. The molecule has 0 bridgehead atoms. The van der Waals surface area contributed by atoms with Gasteiger partial charge in [-0.25, -0.2) is 13.4 Å². The fourth-order valence-electron chi connectivity index (χ4n) is 2.28. The molecule has 0 saturated carbocycles. The van der Waals surface area contributed by atoms with Crippen LogP contribution in [-0.4, -0.2) is 56.1 Å². The van der Waals surface area contributed by atoms with Crippen molar-refractivity contribution in [3.63, 3.8) is 0 Å². The molecule has 9 heteroatoms. The molecule has 8 nitrogen and oxygen atoms in total. The van der Waals surface area contributed by atoms with Gasteiger partial charge in [0.25, 0.3) is 10.0 Å². The summed E-state index contributed by atoms with van der Waals surface area (Å²) in [6.45, 7) is 6.46. The number of nitrogens with one attached hydrogen (secondary N) is 1. The number of hydrogen-bond donors (Lipinski definition) is 2. The summed E-state index contributed by atoms with van der Waals surface area (Å²) >= 11 is 0. The maximum absolute atomic E-state index is 12.5. The van der Waals surface area contributed by atoms with Gasteiger partial charge in [-0.1, -0.05) is 0 Å². The number of nitrogens with zero attached hydrogens (tertiary/aromatic N) is 3. The molecule has 1 aromatic heterocycles. The van der Waals surface area contributed by atoms with Gasteiger partial charge in [0.2, 0.25) is 0 Å². The average molecular weight is 303 g/mol. The van der Waals surface area contributed by atoms with E-state index in [1.54, 1.807) is 23.5 Å². The fraction of sp³-hybridized carbons (Fsp3) is 0.727. The first kappa shape index (κ1) is 15.4. The van der Waals surface area contributed by atoms with E-state index in [1.807, 2.05) is 0 Å². The number of nitrogens with two attached hydrogens (primary N) is 1. The second kappa shape index (κ2) is 6.19. The van der Waals surface area contributed by atoms with Crippen LogP contribution in [0.1, 0.15) is 11.4 Å². The quantitative estimate of drug-likeness (QED) is 0.722. The van der Waals surface area contributed by atoms with Gasteiger partial charge in [-0.3, -0.25) is 4.68 Å². The Hall–Kier alpha value is -1.00. The molecule has 1 aliphatic rings. The molecule has 0 atom stereocenters. The maximum Gasteiger partial charge on any atom is 0.257 e. The molecule has 20 heavy (non-hydrogen) atoms. The number of aromatic nitrogens is 2. The molecule has 0 aliphatic carbocycles. The van der Waals surface area contributed by atoms with Crippen LogP contribution in [-0.2, 0) is 21.3 Å². The van der Waals surface area contributed by atoms with Crippen molar-refractivity contribution in [2.24, 2.45) is 5.73 Å². The Balaban J connectivity index is 2.24. The van der Waals surface area contributed by atoms with Gasteiger partial charge in [0, 0.05) is 19.6 Å². The topological polar surface area (TPSA) is 102 Å². The zero-order chi connectivity index (χ0) is 14.8. The standard InChI is InChI=1S/C11H21N5O3S/c1-9-11(10(2)16(13-9)4-3-12)20(17,18)14-15-5-7-19-8-6-15/h14H,3-8,12H2,1-2H3. The number of ether oxygens (including phenoxy) is 1. The summed E-state index contributed by atoms with van der Waals surface area (Å²) < 4.78 is 31.8. The van der Waals surface area contributed by atoms with Gasteiger partial charge < -0.3 is 10.5 Å². The van der Waals surface area contributed by atoms with E-state index in [9.17, 15) is 8.42 Å². The highest BCUT2D eigenvalue weighted by atomic mass is 32.2. The summed E-state index contributed by atoms with van der Waals surface area (Å²) in [5, 5.41) is 5.88. The first-order chi connectivity index (χ1) is 9.45. The highest BCUT2D eigenvalue weighted by Crippen LogP contribution is 2.19. The third-order valence-electron chi connectivity index (χ3n) is 3.19. The van der Waals surface area contributed by atoms with E-state index in [0.717, 1.165) is 0 Å². The third kappa shape index (κ3) is 3.18. The van der Waals surface area contributed by atoms with E-state index in [2.05, 4.69) is 9.93 Å². The minimum absolute atomic E-state index is 0.234. The van der Waals surface area contributed by atoms with Crippen molar-refractivity contribution in [1.82, 2.24) is 19.6 Å². The van der Waals surface area contributed by atoms with Crippen LogP contribution in [0.15, 0.2) is 4.90 Å². The molecule has 1 aliphatic heterocycles. The van der Waals surface area contributed by atoms with Crippen molar-refractivity contribution < 1.29 is 13.2 Å². The summed E-state index contributed by atoms with van der Waals surface area (Å²) in [5.74, 6) is 0. The zero-order valence-electron chi connectivity index (χ0n) is 11.8. The molecule has 0 unspecified atom stereocenters. The van der Waals surface area contributed by atoms with E-state index in [1.165, 1.54) is 0 Å². The predicted octanol–water partition coefficient (Wildman–Crippen LogP) is -1.02. The van der Waals surface area contributed by atoms with Gasteiger partial charge in [-0.15, -0.1) is 4.83 Å². The van der Waals surface area contributed by atoms with E-state index in [0.29, 0.717) is 50.8 Å². The average Bonchev–Trinajstić information content (AvgIpc) is 2.66. The lowest BCUT2D eigenvalue weighted by Gasteiger charge is -2.26. The van der Waals surface area contributed by atoms with Crippen molar-refractivity contribution in [2.75, 3.05) is 32.8 Å². The molecular formula is C11H21N5O3S. The van der Waals surface area contributed by atoms with Gasteiger partial charge in [0.15, 0.2) is 0 Å². The van der Waals surface area contributed by atoms with E-state index in [-0.39, 0.29) is 4.90 Å². The number of rotatable bonds is 5. The van der Waals surface area contributed by atoms with Crippen molar-refractivity contribution in [3.8, 4) is 0 Å². The number of aryl methyl sites for hydroxylation is 1. The Kier molecular flexibility index (Phi) is 4.76. The molecule has 0 radical (unpaired) electrons. The van der Waals surface area contributed by atoms with E-state index < -0.39 is 10.0 Å². The number of hydrogen-bond acceptors (Lipinski definition) is 6. The summed E-state index contributed by atoms with van der Waals surface area (Å²) in [6.07, 6.45) is 0. The van der Waals surface area contributed by atoms with Gasteiger partial charge in [-0.2, -0.15) is 5.10 Å². The van der Waals surface area contributed by atoms with Crippen molar-refractivity contribution >= 4 is 10.0 Å². The second-order valence-electron chi connectivity index (χ2n) is 4.71. The Morgan fingerprint density at radius 3 is 2.60 bits per heavy atom. The first-order valence-electron chi connectivity index (χ1n) is 6.55. The summed E-state index contributed by atoms with van der Waals surface area (Å²) in [6, 6.07) is 0. The molecule has 2 heterocycles. The normalized spacial score (nSPS) is 17.6. The van der Waals surface area contributed by atoms with Crippen molar-refractivity contribution in [1.29, 1.82) is 0 Å². The van der Waals surface area contributed by atoms with Crippen molar-refractivity contribution in [3.05, 3.63) is 11.4 Å². The number of morpholine rings is 1. The lowest BCUT2D eigenvalue weighted by Crippen LogP contribution is -2.48. The van der Waals surface area contributed by atoms with Crippen LogP contribution in [0.2, 0.25) is 0 Å². The van der Waals surface area contributed by atoms with E-state index >= 15 is 0 Å². The van der Waals surface area contributed by atoms with Crippen LogP contribution < -0.4 is 10.6 Å². The number of hydrazine groups is 1. The van der Waals surface area contributed by atoms with Crippen LogP contribution in [0, 0.1) is 13.8 Å². The molecule has 0 amide bonds. The molecule has 3 N–H and O–H groups in total. The molecule has 1 fully saturated rings. The van der Waals surface area contributed by atoms with Crippen LogP contribution >= 0.6 is 0 Å². The number of sulfonamides is 1. The minimum Gasteiger partial charge on any atom is -0.379 e. The molecular weight excluding hydrogens is 282 g/mol. The Bertz CT molecular complexity index is 563. The van der Waals surface area contributed by atoms with Crippen LogP contribution in [0.3, 0.4) is 0 Å². The van der Waals surface area contributed by atoms with Gasteiger partial charge in [0.05, 0.1) is 31.1 Å². The van der Waals surface area contributed by atoms with E-state index in [4.69, 9.17) is 10.5 Å². The Labute approximate surface area is 118 Å². The second-order valence-corrected chi connectivity index (χ2v) is 6.30. The Morgan fingerprint density at radius 2 is 2.00 bits per heavy atom. The highest BCUT2D eigenvalue weighted by Gasteiger charge is 2.27. The SMILES string of the molecule is Cc1nn(CCN)c(C)c1S(=O)(=O)NN1CCOCC1. The fourth-order valence-corrected chi connectivity index (χ4v) is 3.82. The van der Waals surface area contributed by atoms with Crippen LogP contribution in [0.4, 0.5) is 0 Å². The molecule has 1 saturated heterocycles. The van der Waals surface area contributed by atoms with Crippen LogP contribution in [0.5, 0.6) is 0 Å². The van der Waals surface area contributed by atoms with Gasteiger partial charge in [0.1, 0.15) is 4.90 Å². The molecule has 2 rings (SSSR count). The monoisotopic (exact) mass is 303 g/mol. The Morgan fingerprint density at radius 1 is 1.35 bits per heavy atom. The van der Waals surface area contributed by atoms with Gasteiger partial charge >= 0.3 is 0 Å². The molecule has 0 aromatic carbocycles. The highest BCUT2D eigenvalue weighted by molar-refractivity contribution is 7.89. The predicted molar refractivity (Wildman–Crippen MR) is 73.5 cm³/mol. The van der Waals surface area contributed by atoms with Gasteiger partial charge in [-0.05, 0) is 13.8 Å². The maximum atomic E-state index is 12.5. The largest absolute Gasteiger partial charge is 0.379 e. The molecule has 1 aromatic rings. The first-order valence-corrected chi connectivity index (χ1v) is 8.03. The molecule has 0 spiro atoms. The third-order valence-corrected chi connectivity index (χ3v) is 4.81. The smallest absolute Gasteiger partial charge is 0.257 e. The summed E-state index contributed by atoms with van der Waals surface area (Å²) in [7, 11) is -3.62. The zero-order valence-corrected chi connectivity index (χ0v) is 12.6. The lowest BCUT2D eigenvalue weighted by atomic mass is 10.4.